The van der Waals surface area contributed by atoms with Crippen molar-refractivity contribution in [3.8, 4) is 0 Å². The van der Waals surface area contributed by atoms with Crippen LogP contribution in [0.3, 0.4) is 0 Å². The minimum Gasteiger partial charge on any atom is -0.372 e. The lowest BCUT2D eigenvalue weighted by Crippen LogP contribution is -2.23. The average Bonchev–Trinajstić information content (AvgIpc) is 3.02. The van der Waals surface area contributed by atoms with E-state index in [1.165, 1.54) is 31.4 Å². The van der Waals surface area contributed by atoms with Crippen molar-refractivity contribution in [2.75, 3.05) is 29.1 Å². The molecule has 0 radical (unpaired) electrons. The second-order valence-electron chi connectivity index (χ2n) is 7.11. The zero-order valence-electron chi connectivity index (χ0n) is 15.9. The van der Waals surface area contributed by atoms with Crippen molar-refractivity contribution in [3.05, 3.63) is 60.8 Å². The van der Waals surface area contributed by atoms with E-state index in [2.05, 4.69) is 27.3 Å². The van der Waals surface area contributed by atoms with Crippen molar-refractivity contribution in [1.29, 1.82) is 0 Å². The molecule has 144 valence electrons. The molecule has 3 aromatic rings. The quantitative estimate of drug-likeness (QED) is 0.596. The van der Waals surface area contributed by atoms with Crippen LogP contribution in [-0.4, -0.2) is 29.7 Å². The first-order valence-electron chi connectivity index (χ1n) is 9.91. The van der Waals surface area contributed by atoms with Gasteiger partial charge in [0.05, 0.1) is 11.3 Å². The van der Waals surface area contributed by atoms with Crippen LogP contribution in [0.15, 0.2) is 65.7 Å². The lowest BCUT2D eigenvalue weighted by molar-refractivity contribution is -0.113. The van der Waals surface area contributed by atoms with Crippen molar-refractivity contribution in [1.82, 2.24) is 4.98 Å². The van der Waals surface area contributed by atoms with Gasteiger partial charge in [-0.15, -0.1) is 11.8 Å². The molecular formula is C23H25N3OS. The number of rotatable bonds is 5. The molecule has 0 unspecified atom stereocenters. The molecule has 1 amide bonds. The van der Waals surface area contributed by atoms with Crippen LogP contribution < -0.4 is 10.2 Å². The van der Waals surface area contributed by atoms with E-state index < -0.39 is 0 Å². The van der Waals surface area contributed by atoms with E-state index in [-0.39, 0.29) is 5.91 Å². The highest BCUT2D eigenvalue weighted by Gasteiger charge is 2.11. The third kappa shape index (κ3) is 4.65. The summed E-state index contributed by atoms with van der Waals surface area (Å²) in [5, 5.41) is 4.10. The highest BCUT2D eigenvalue weighted by Crippen LogP contribution is 2.27. The molecule has 1 aliphatic rings. The van der Waals surface area contributed by atoms with Crippen molar-refractivity contribution in [2.45, 2.75) is 30.6 Å². The number of carbonyl (C=O) groups excluding carboxylic acids is 1. The molecule has 1 aliphatic heterocycles. The monoisotopic (exact) mass is 391 g/mol. The first-order chi connectivity index (χ1) is 13.8. The fraction of sp³-hybridized carbons (Fsp3) is 0.304. The number of nitrogens with zero attached hydrogens (tertiary/aromatic N) is 2. The number of nitrogens with one attached hydrogen (secondary N) is 1. The molecule has 28 heavy (non-hydrogen) atoms. The zero-order chi connectivity index (χ0) is 19.2. The van der Waals surface area contributed by atoms with Crippen molar-refractivity contribution < 1.29 is 4.79 Å². The van der Waals surface area contributed by atoms with Crippen LogP contribution in [0.4, 0.5) is 11.4 Å². The van der Waals surface area contributed by atoms with Crippen LogP contribution >= 0.6 is 11.8 Å². The number of anilines is 2. The number of aromatic nitrogens is 1. The molecule has 0 atom stereocenters. The Morgan fingerprint density at radius 2 is 1.71 bits per heavy atom. The Morgan fingerprint density at radius 1 is 0.964 bits per heavy atom. The van der Waals surface area contributed by atoms with Gasteiger partial charge in [-0.1, -0.05) is 31.0 Å². The minimum atomic E-state index is 0.00779. The van der Waals surface area contributed by atoms with Gasteiger partial charge in [-0.3, -0.25) is 9.78 Å². The molecule has 5 heteroatoms. The maximum absolute atomic E-state index is 12.4. The van der Waals surface area contributed by atoms with Gasteiger partial charge in [0.1, 0.15) is 0 Å². The molecule has 1 N–H and O–H groups in total. The second kappa shape index (κ2) is 9.11. The summed E-state index contributed by atoms with van der Waals surface area (Å²) < 4.78 is 0. The molecule has 2 heterocycles. The fourth-order valence-corrected chi connectivity index (χ4v) is 4.46. The van der Waals surface area contributed by atoms with E-state index in [4.69, 9.17) is 0 Å². The molecule has 0 bridgehead atoms. The standard InChI is InChI=1S/C23H25N3OS/c27-23(17-28-22-13-14-24-21-8-4-3-7-20(21)22)25-18-9-11-19(12-10-18)26-15-5-1-2-6-16-26/h3-4,7-14H,1-2,5-6,15-17H2,(H,25,27). The van der Waals surface area contributed by atoms with Gasteiger partial charge in [-0.25, -0.2) is 0 Å². The van der Waals surface area contributed by atoms with Gasteiger partial charge in [0.15, 0.2) is 0 Å². The molecule has 1 fully saturated rings. The molecular weight excluding hydrogens is 366 g/mol. The molecule has 2 aromatic carbocycles. The SMILES string of the molecule is O=C(CSc1ccnc2ccccc12)Nc1ccc(N2CCCCCC2)cc1. The number of hydrogen-bond donors (Lipinski definition) is 1. The number of pyridine rings is 1. The molecule has 1 aromatic heterocycles. The number of amides is 1. The Morgan fingerprint density at radius 3 is 2.50 bits per heavy atom. The Kier molecular flexibility index (Phi) is 6.12. The summed E-state index contributed by atoms with van der Waals surface area (Å²) in [5.41, 5.74) is 3.05. The summed E-state index contributed by atoms with van der Waals surface area (Å²) in [5.74, 6) is 0.385. The van der Waals surface area contributed by atoms with Gasteiger partial charge in [0, 0.05) is 40.9 Å². The topological polar surface area (TPSA) is 45.2 Å². The maximum Gasteiger partial charge on any atom is 0.234 e. The van der Waals surface area contributed by atoms with Gasteiger partial charge in [0.25, 0.3) is 0 Å². The maximum atomic E-state index is 12.4. The summed E-state index contributed by atoms with van der Waals surface area (Å²) in [6, 6.07) is 18.2. The summed E-state index contributed by atoms with van der Waals surface area (Å²) in [7, 11) is 0. The molecule has 0 saturated carbocycles. The summed E-state index contributed by atoms with van der Waals surface area (Å²) in [6.45, 7) is 2.25. The number of para-hydroxylation sites is 1. The number of hydrogen-bond acceptors (Lipinski definition) is 4. The van der Waals surface area contributed by atoms with Crippen LogP contribution in [0.5, 0.6) is 0 Å². The summed E-state index contributed by atoms with van der Waals surface area (Å²) in [4.78, 5) is 20.3. The van der Waals surface area contributed by atoms with Gasteiger partial charge in [0.2, 0.25) is 5.91 Å². The van der Waals surface area contributed by atoms with Gasteiger partial charge in [-0.2, -0.15) is 0 Å². The number of thioether (sulfide) groups is 1. The molecule has 4 nitrogen and oxygen atoms in total. The van der Waals surface area contributed by atoms with Gasteiger partial charge < -0.3 is 10.2 Å². The van der Waals surface area contributed by atoms with Crippen molar-refractivity contribution >= 4 is 39.9 Å². The normalized spacial score (nSPS) is 14.6. The van der Waals surface area contributed by atoms with Gasteiger partial charge >= 0.3 is 0 Å². The Hall–Kier alpha value is -2.53. The predicted molar refractivity (Wildman–Crippen MR) is 118 cm³/mol. The van der Waals surface area contributed by atoms with Crippen molar-refractivity contribution in [3.63, 3.8) is 0 Å². The second-order valence-corrected chi connectivity index (χ2v) is 8.13. The zero-order valence-corrected chi connectivity index (χ0v) is 16.8. The van der Waals surface area contributed by atoms with E-state index in [1.807, 2.05) is 42.5 Å². The highest BCUT2D eigenvalue weighted by atomic mass is 32.2. The molecule has 0 spiro atoms. The van der Waals surface area contributed by atoms with Crippen LogP contribution in [0.25, 0.3) is 10.9 Å². The van der Waals surface area contributed by atoms with Crippen LogP contribution in [0, 0.1) is 0 Å². The number of carbonyl (C=O) groups is 1. The van der Waals surface area contributed by atoms with E-state index in [0.717, 1.165) is 34.6 Å². The number of fused-ring (bicyclic) bond motifs is 1. The van der Waals surface area contributed by atoms with Crippen LogP contribution in [0.1, 0.15) is 25.7 Å². The minimum absolute atomic E-state index is 0.00779. The largest absolute Gasteiger partial charge is 0.372 e. The Labute approximate surface area is 170 Å². The smallest absolute Gasteiger partial charge is 0.234 e. The van der Waals surface area contributed by atoms with E-state index in [1.54, 1.807) is 18.0 Å². The third-order valence-electron chi connectivity index (χ3n) is 5.09. The van der Waals surface area contributed by atoms with Crippen LogP contribution in [0.2, 0.25) is 0 Å². The predicted octanol–water partition coefficient (Wildman–Crippen LogP) is 5.35. The third-order valence-corrected chi connectivity index (χ3v) is 6.16. The van der Waals surface area contributed by atoms with E-state index >= 15 is 0 Å². The van der Waals surface area contributed by atoms with Gasteiger partial charge in [-0.05, 0) is 49.2 Å². The lowest BCUT2D eigenvalue weighted by Gasteiger charge is -2.22. The first-order valence-corrected chi connectivity index (χ1v) is 10.9. The Balaban J connectivity index is 1.34. The lowest BCUT2D eigenvalue weighted by atomic mass is 10.2. The van der Waals surface area contributed by atoms with E-state index in [9.17, 15) is 4.79 Å². The fourth-order valence-electron chi connectivity index (χ4n) is 3.62. The molecule has 1 saturated heterocycles. The summed E-state index contributed by atoms with van der Waals surface area (Å²) in [6.07, 6.45) is 6.98. The van der Waals surface area contributed by atoms with Crippen LogP contribution in [-0.2, 0) is 4.79 Å². The summed E-state index contributed by atoms with van der Waals surface area (Å²) >= 11 is 1.55. The molecule has 0 aliphatic carbocycles. The Bertz CT molecular complexity index is 929. The highest BCUT2D eigenvalue weighted by molar-refractivity contribution is 8.00. The van der Waals surface area contributed by atoms with E-state index in [0.29, 0.717) is 5.75 Å². The first kappa shape index (κ1) is 18.8. The number of benzene rings is 2. The van der Waals surface area contributed by atoms with Crippen molar-refractivity contribution in [2.24, 2.45) is 0 Å². The molecule has 4 rings (SSSR count). The average molecular weight is 392 g/mol.